The first-order valence-electron chi connectivity index (χ1n) is 9.46. The zero-order valence-electron chi connectivity index (χ0n) is 15.5. The predicted octanol–water partition coefficient (Wildman–Crippen LogP) is 4.44. The summed E-state index contributed by atoms with van der Waals surface area (Å²) in [4.78, 5) is 11.8. The average Bonchev–Trinajstić information content (AvgIpc) is 2.96. The van der Waals surface area contributed by atoms with E-state index in [9.17, 15) is 13.3 Å². The van der Waals surface area contributed by atoms with E-state index in [0.717, 1.165) is 36.1 Å². The minimum atomic E-state index is -3.66. The van der Waals surface area contributed by atoms with Gasteiger partial charge in [0, 0.05) is 12.0 Å². The second-order valence-electron chi connectivity index (χ2n) is 7.82. The van der Waals surface area contributed by atoms with Crippen molar-refractivity contribution >= 4 is 15.7 Å². The van der Waals surface area contributed by atoms with Crippen molar-refractivity contribution in [1.82, 2.24) is 0 Å². The summed E-state index contributed by atoms with van der Waals surface area (Å²) >= 11 is 0. The van der Waals surface area contributed by atoms with Gasteiger partial charge >= 0.3 is 0 Å². The first-order valence-corrected chi connectivity index (χ1v) is 10.9. The molecule has 1 aliphatic heterocycles. The van der Waals surface area contributed by atoms with Gasteiger partial charge < -0.3 is 0 Å². The van der Waals surface area contributed by atoms with Crippen molar-refractivity contribution in [3.05, 3.63) is 64.6 Å². The summed E-state index contributed by atoms with van der Waals surface area (Å²) in [6, 6.07) is 14.4. The number of para-hydroxylation sites is 1. The maximum atomic E-state index is 13.4. The largest absolute Gasteiger partial charge is 0.266 e. The molecule has 2 atom stereocenters. The van der Waals surface area contributed by atoms with Gasteiger partial charge in [-0.1, -0.05) is 47.5 Å². The van der Waals surface area contributed by atoms with Crippen LogP contribution in [-0.2, 0) is 16.4 Å². The molecule has 2 aromatic carbocycles. The molecule has 27 heavy (non-hydrogen) atoms. The number of hydrogen-bond acceptors (Lipinski definition) is 4. The van der Waals surface area contributed by atoms with Gasteiger partial charge in [0.15, 0.2) is 0 Å². The van der Waals surface area contributed by atoms with Crippen LogP contribution in [0.25, 0.3) is 0 Å². The van der Waals surface area contributed by atoms with Crippen LogP contribution in [0.5, 0.6) is 0 Å². The summed E-state index contributed by atoms with van der Waals surface area (Å²) in [6.07, 6.45) is 4.07. The molecule has 0 bridgehead atoms. The number of aryl methyl sites for hydroxylation is 1. The quantitative estimate of drug-likeness (QED) is 0.735. The Balaban J connectivity index is 1.79. The lowest BCUT2D eigenvalue weighted by Gasteiger charge is -2.31. The number of benzene rings is 2. The predicted molar refractivity (Wildman–Crippen MR) is 106 cm³/mol. The van der Waals surface area contributed by atoms with E-state index in [1.54, 1.807) is 12.1 Å². The third-order valence-corrected chi connectivity index (χ3v) is 8.04. The molecule has 2 aliphatic rings. The van der Waals surface area contributed by atoms with Crippen LogP contribution in [0.2, 0.25) is 0 Å². The lowest BCUT2D eigenvalue weighted by Crippen LogP contribution is -2.35. The average molecular weight is 385 g/mol. The van der Waals surface area contributed by atoms with E-state index in [1.807, 2.05) is 43.3 Å². The molecule has 2 aromatic rings. The smallest absolute Gasteiger partial charge is 0.264 e. The van der Waals surface area contributed by atoms with Gasteiger partial charge in [0.1, 0.15) is 0 Å². The zero-order valence-corrected chi connectivity index (χ0v) is 16.3. The Hall–Kier alpha value is -2.21. The van der Waals surface area contributed by atoms with Crippen molar-refractivity contribution in [3.8, 4) is 0 Å². The summed E-state index contributed by atoms with van der Waals surface area (Å²) < 4.78 is 28.3. The number of fused-ring (bicyclic) bond motifs is 1. The summed E-state index contributed by atoms with van der Waals surface area (Å²) in [5.41, 5.74) is 2.51. The maximum Gasteiger partial charge on any atom is 0.264 e. The van der Waals surface area contributed by atoms with Gasteiger partial charge in [-0.2, -0.15) is 4.91 Å². The minimum absolute atomic E-state index is 0.227. The van der Waals surface area contributed by atoms with Crippen molar-refractivity contribution < 1.29 is 8.42 Å². The Morgan fingerprint density at radius 1 is 1.07 bits per heavy atom. The molecule has 4 rings (SSSR count). The lowest BCUT2D eigenvalue weighted by molar-refractivity contribution is 0.244. The highest BCUT2D eigenvalue weighted by Gasteiger charge is 2.47. The van der Waals surface area contributed by atoms with Crippen LogP contribution in [0.4, 0.5) is 5.69 Å². The molecule has 0 saturated heterocycles. The molecule has 0 N–H and O–H groups in total. The number of anilines is 1. The number of nitroso groups, excluding NO2 is 1. The molecule has 5 nitrogen and oxygen atoms in total. The van der Waals surface area contributed by atoms with E-state index in [-0.39, 0.29) is 11.5 Å². The van der Waals surface area contributed by atoms with Crippen LogP contribution in [0.1, 0.15) is 36.8 Å². The highest BCUT2D eigenvalue weighted by molar-refractivity contribution is 7.92. The molecule has 6 heteroatoms. The van der Waals surface area contributed by atoms with Crippen LogP contribution in [0, 0.1) is 17.2 Å². The Labute approximate surface area is 160 Å². The van der Waals surface area contributed by atoms with Crippen molar-refractivity contribution in [1.29, 1.82) is 0 Å². The standard InChI is InChI=1S/C21H24N2O3S/c1-16-8-10-18(11-9-16)27(25,26)23-14-13-21(12-4-7-20(21)22-24)15-17-5-2-3-6-19(17)23/h2-3,5-6,8-11,20H,4,7,12-15H2,1H3. The van der Waals surface area contributed by atoms with Crippen LogP contribution >= 0.6 is 0 Å². The van der Waals surface area contributed by atoms with Crippen molar-refractivity contribution in [3.63, 3.8) is 0 Å². The molecule has 142 valence electrons. The number of hydrogen-bond donors (Lipinski definition) is 0. The van der Waals surface area contributed by atoms with E-state index in [1.165, 1.54) is 4.31 Å². The molecule has 1 fully saturated rings. The first-order chi connectivity index (χ1) is 13.0. The summed E-state index contributed by atoms with van der Waals surface area (Å²) in [7, 11) is -3.66. The van der Waals surface area contributed by atoms with Gasteiger partial charge in [0.2, 0.25) is 0 Å². The fourth-order valence-electron chi connectivity index (χ4n) is 4.69. The van der Waals surface area contributed by atoms with E-state index in [2.05, 4.69) is 5.18 Å². The Bertz CT molecular complexity index is 956. The maximum absolute atomic E-state index is 13.4. The molecule has 2 unspecified atom stereocenters. The topological polar surface area (TPSA) is 66.8 Å². The van der Waals surface area contributed by atoms with Crippen molar-refractivity contribution in [2.45, 2.75) is 50.0 Å². The normalized spacial score (nSPS) is 25.2. The number of nitrogens with zero attached hydrogens (tertiary/aromatic N) is 2. The lowest BCUT2D eigenvalue weighted by atomic mass is 9.75. The highest BCUT2D eigenvalue weighted by atomic mass is 32.2. The third-order valence-electron chi connectivity index (χ3n) is 6.21. The van der Waals surface area contributed by atoms with Crippen LogP contribution in [0.15, 0.2) is 58.6 Å². The molecule has 1 saturated carbocycles. The summed E-state index contributed by atoms with van der Waals surface area (Å²) in [5.74, 6) is 0. The van der Waals surface area contributed by atoms with Crippen molar-refractivity contribution in [2.24, 2.45) is 10.6 Å². The second kappa shape index (κ2) is 6.75. The zero-order chi connectivity index (χ0) is 19.1. The number of sulfonamides is 1. The summed E-state index contributed by atoms with van der Waals surface area (Å²) in [6.45, 7) is 2.31. The number of rotatable bonds is 3. The molecule has 1 aliphatic carbocycles. The molecule has 1 spiro atoms. The van der Waals surface area contributed by atoms with Gasteiger partial charge in [0.05, 0.1) is 16.6 Å². The monoisotopic (exact) mass is 384 g/mol. The SMILES string of the molecule is Cc1ccc(S(=O)(=O)N2CCC3(CCCC3N=O)Cc3ccccc32)cc1. The fourth-order valence-corrected chi connectivity index (χ4v) is 6.19. The van der Waals surface area contributed by atoms with Crippen LogP contribution < -0.4 is 4.31 Å². The molecule has 1 heterocycles. The molecule has 0 aromatic heterocycles. The van der Waals surface area contributed by atoms with Gasteiger partial charge in [-0.15, -0.1) is 0 Å². The molecular formula is C21H24N2O3S. The Kier molecular flexibility index (Phi) is 4.54. The van der Waals surface area contributed by atoms with E-state index < -0.39 is 10.0 Å². The highest BCUT2D eigenvalue weighted by Crippen LogP contribution is 2.49. The Morgan fingerprint density at radius 2 is 1.81 bits per heavy atom. The van der Waals surface area contributed by atoms with Crippen molar-refractivity contribution in [2.75, 3.05) is 10.8 Å². The molecular weight excluding hydrogens is 360 g/mol. The van der Waals surface area contributed by atoms with E-state index in [4.69, 9.17) is 0 Å². The first kappa shape index (κ1) is 18.2. The third kappa shape index (κ3) is 3.06. The molecule has 0 radical (unpaired) electrons. The van der Waals surface area contributed by atoms with Crippen LogP contribution in [0.3, 0.4) is 0 Å². The van der Waals surface area contributed by atoms with Gasteiger partial charge in [-0.05, 0) is 56.4 Å². The van der Waals surface area contributed by atoms with Crippen LogP contribution in [-0.4, -0.2) is 21.0 Å². The van der Waals surface area contributed by atoms with Gasteiger partial charge in [-0.25, -0.2) is 8.42 Å². The second-order valence-corrected chi connectivity index (χ2v) is 9.68. The van der Waals surface area contributed by atoms with E-state index >= 15 is 0 Å². The van der Waals surface area contributed by atoms with Gasteiger partial charge in [-0.3, -0.25) is 4.31 Å². The summed E-state index contributed by atoms with van der Waals surface area (Å²) in [5, 5.41) is 3.42. The minimum Gasteiger partial charge on any atom is -0.266 e. The molecule has 0 amide bonds. The fraction of sp³-hybridized carbons (Fsp3) is 0.429. The van der Waals surface area contributed by atoms with E-state index in [0.29, 0.717) is 24.3 Å². The van der Waals surface area contributed by atoms with Gasteiger partial charge in [0.25, 0.3) is 10.0 Å². The Morgan fingerprint density at radius 3 is 2.56 bits per heavy atom.